The highest BCUT2D eigenvalue weighted by Crippen LogP contribution is 2.45. The van der Waals surface area contributed by atoms with E-state index < -0.39 is 91.5 Å². The Morgan fingerprint density at radius 1 is 0.287 bits per heavy atom. The van der Waals surface area contributed by atoms with Crippen molar-refractivity contribution < 1.29 is 75.8 Å². The Morgan fingerprint density at radius 2 is 0.535 bits per heavy atom. The fourth-order valence-electron chi connectivity index (χ4n) is 10.1. The topological polar surface area (TPSA) is 231 Å². The van der Waals surface area contributed by atoms with Crippen LogP contribution in [0.1, 0.15) is 303 Å². The van der Waals surface area contributed by atoms with Crippen LogP contribution in [0.4, 0.5) is 0 Å². The van der Waals surface area contributed by atoms with Crippen LogP contribution in [-0.2, 0) is 55.8 Å². The molecule has 5 unspecified atom stereocenters. The van der Waals surface area contributed by atoms with Gasteiger partial charge in [0.1, 0.15) is 25.4 Å². The summed E-state index contributed by atoms with van der Waals surface area (Å²) in [5.41, 5.74) is 0. The molecule has 0 aromatic heterocycles. The average molecular weight is 1460 g/mol. The van der Waals surface area contributed by atoms with Crippen molar-refractivity contribution in [2.75, 3.05) is 39.6 Å². The summed E-state index contributed by atoms with van der Waals surface area (Å²) in [5.74, 6) is -1.66. The molecule has 4 N–H and O–H groups in total. The molecule has 0 aromatic rings. The maximum atomic E-state index is 12.9. The van der Waals surface area contributed by atoms with Gasteiger partial charge in [-0.1, -0.05) is 295 Å². The molecule has 5 atom stereocenters. The van der Waals surface area contributed by atoms with Gasteiger partial charge in [-0.25, -0.2) is 9.13 Å². The summed E-state index contributed by atoms with van der Waals surface area (Å²) in [7, 11) is -9.81. The highest BCUT2D eigenvalue weighted by atomic mass is 31.2. The molecule has 0 rings (SSSR count). The van der Waals surface area contributed by atoms with Crippen LogP contribution in [0.25, 0.3) is 0 Å². The summed E-state index contributed by atoms with van der Waals surface area (Å²) < 4.78 is 61.0. The lowest BCUT2D eigenvalue weighted by molar-refractivity contribution is -0.161. The number of aliphatic hydroxyl groups is 2. The van der Waals surface area contributed by atoms with E-state index in [9.17, 15) is 43.5 Å². The van der Waals surface area contributed by atoms with Crippen LogP contribution in [0.15, 0.2) is 146 Å². The second-order valence-corrected chi connectivity index (χ2v) is 28.7. The second-order valence-electron chi connectivity index (χ2n) is 25.7. The largest absolute Gasteiger partial charge is 0.472 e. The molecule has 578 valence electrons. The van der Waals surface area contributed by atoms with E-state index in [-0.39, 0.29) is 19.3 Å². The van der Waals surface area contributed by atoms with Gasteiger partial charge in [0.05, 0.1) is 26.4 Å². The van der Waals surface area contributed by atoms with Crippen LogP contribution in [0.2, 0.25) is 0 Å². The van der Waals surface area contributed by atoms with E-state index >= 15 is 0 Å². The van der Waals surface area contributed by atoms with Crippen molar-refractivity contribution in [3.63, 3.8) is 0 Å². The molecule has 0 spiro atoms. The summed E-state index contributed by atoms with van der Waals surface area (Å²) in [6.07, 6.45) is 92.1. The molecule has 101 heavy (non-hydrogen) atoms. The fraction of sp³-hybridized carbons (Fsp3) is 0.675. The highest BCUT2D eigenvalue weighted by Gasteiger charge is 2.29. The lowest BCUT2D eigenvalue weighted by Gasteiger charge is -2.21. The number of hydrogen-bond donors (Lipinski definition) is 4. The van der Waals surface area contributed by atoms with Gasteiger partial charge in [-0.3, -0.25) is 32.5 Å². The van der Waals surface area contributed by atoms with Crippen molar-refractivity contribution in [2.24, 2.45) is 0 Å². The fourth-order valence-corrected chi connectivity index (χ4v) is 11.7. The first kappa shape index (κ1) is 96.4. The van der Waals surface area contributed by atoms with Crippen molar-refractivity contribution in [1.82, 2.24) is 0 Å². The molecule has 0 aliphatic heterocycles. The monoisotopic (exact) mass is 1450 g/mol. The number of carbonyl (C=O) groups excluding carboxylic acids is 3. The van der Waals surface area contributed by atoms with Gasteiger partial charge in [0, 0.05) is 19.3 Å². The molecule has 18 heteroatoms. The number of esters is 3. The van der Waals surface area contributed by atoms with Gasteiger partial charge in [-0.15, -0.1) is 0 Å². The van der Waals surface area contributed by atoms with Crippen LogP contribution < -0.4 is 0 Å². The van der Waals surface area contributed by atoms with Crippen LogP contribution in [0.3, 0.4) is 0 Å². The zero-order valence-corrected chi connectivity index (χ0v) is 64.8. The van der Waals surface area contributed by atoms with Gasteiger partial charge in [-0.2, -0.15) is 0 Å². The summed E-state index contributed by atoms with van der Waals surface area (Å²) >= 11 is 0. The first-order chi connectivity index (χ1) is 49.2. The third-order valence-corrected chi connectivity index (χ3v) is 17.9. The molecule has 0 saturated heterocycles. The Hall–Kier alpha value is -4.57. The average Bonchev–Trinajstić information content (AvgIpc) is 1.12. The molecule has 0 fully saturated rings. The number of carbonyl (C=O) groups is 3. The lowest BCUT2D eigenvalue weighted by Crippen LogP contribution is -2.30. The number of rotatable bonds is 73. The molecule has 16 nitrogen and oxygen atoms in total. The quantitative estimate of drug-likeness (QED) is 0.0146. The minimum absolute atomic E-state index is 0.0732. The number of aliphatic hydroxyl groups excluding tert-OH is 2. The Kier molecular flexibility index (Phi) is 71.7. The van der Waals surface area contributed by atoms with E-state index in [0.29, 0.717) is 25.7 Å². The van der Waals surface area contributed by atoms with Crippen LogP contribution in [-0.4, -0.2) is 95.9 Å². The Morgan fingerprint density at radius 3 is 0.871 bits per heavy atom. The summed E-state index contributed by atoms with van der Waals surface area (Å²) in [5, 5.41) is 20.6. The van der Waals surface area contributed by atoms with E-state index in [1.807, 2.05) is 12.2 Å². The molecule has 0 saturated carbocycles. The number of ether oxygens (including phenoxy) is 3. The highest BCUT2D eigenvalue weighted by molar-refractivity contribution is 7.47. The van der Waals surface area contributed by atoms with Gasteiger partial charge in [-0.05, 0) is 135 Å². The molecule has 0 heterocycles. The number of phosphoric acid groups is 2. The Labute approximate surface area is 613 Å². The summed E-state index contributed by atoms with van der Waals surface area (Å²) in [6, 6.07) is 0. The molecule has 0 aliphatic rings. The predicted octanol–water partition coefficient (Wildman–Crippen LogP) is 22.9. The number of allylic oxidation sites excluding steroid dienone is 24. The van der Waals surface area contributed by atoms with E-state index in [0.717, 1.165) is 128 Å². The molecular formula is C83H140O16P2. The molecule has 0 aliphatic carbocycles. The molecule has 0 amide bonds. The summed E-state index contributed by atoms with van der Waals surface area (Å²) in [6.45, 7) is 2.34. The Balaban J connectivity index is 4.46. The molecule has 0 radical (unpaired) electrons. The van der Waals surface area contributed by atoms with Crippen molar-refractivity contribution in [1.29, 1.82) is 0 Å². The molecule has 0 bridgehead atoms. The normalized spacial score (nSPS) is 14.8. The maximum absolute atomic E-state index is 12.9. The summed E-state index contributed by atoms with van der Waals surface area (Å²) in [4.78, 5) is 58.5. The van der Waals surface area contributed by atoms with Crippen molar-refractivity contribution in [2.45, 2.75) is 322 Å². The van der Waals surface area contributed by atoms with E-state index in [4.69, 9.17) is 32.3 Å². The first-order valence-corrected chi connectivity index (χ1v) is 42.1. The van der Waals surface area contributed by atoms with E-state index in [2.05, 4.69) is 154 Å². The second kappa shape index (κ2) is 75.1. The van der Waals surface area contributed by atoms with Crippen molar-refractivity contribution >= 4 is 33.6 Å². The van der Waals surface area contributed by atoms with Gasteiger partial charge >= 0.3 is 33.6 Å². The molecule has 0 aromatic carbocycles. The minimum Gasteiger partial charge on any atom is -0.463 e. The zero-order valence-electron chi connectivity index (χ0n) is 63.0. The lowest BCUT2D eigenvalue weighted by atomic mass is 10.0. The SMILES string of the molecule is CC/C=C\C/C=C\C/C=C\C/C=C\C/C=C\CCCCCCCCCCCCCCCCCCCC(=O)OCC(O)COP(=O)(O)OCC(O)COP(=O)(O)OCC(COC(=O)CCC/C=C\C/C=C\C/C=C\C/C=C\C/C=C\CC)OC(=O)CCCCCCC/C=C\C/C=C\CCCCC. The standard InChI is InChI=1S/C83H140O16P2/c1-4-7-10-13-16-19-22-25-28-30-31-32-33-34-35-36-37-38-39-40-41-42-43-44-45-47-50-51-54-57-60-63-66-69-81(86)93-72-78(84)73-95-100(89,90)96-74-79(85)75-97-101(91,92)98-77-80(99-83(88)71-68-65-62-59-56-53-48-27-24-21-18-15-12-9-6-3)76-94-82(87)70-67-64-61-58-55-52-49-46-29-26-23-20-17-14-11-8-5-2/h7-8,10-11,16-21,25-29,31-32,34-35,48-49,52,58,61,78-80,84-85H,4-6,9,12-15,22-24,30,33,36-47,50-51,53-57,59-60,62-77H2,1-3H3,(H,89,90)(H,91,92)/b10-7-,11-8-,19-16-,20-17-,21-18-,28-25-,29-26-,32-31-,35-34-,48-27-,52-49-,61-58-. The van der Waals surface area contributed by atoms with Crippen molar-refractivity contribution in [3.05, 3.63) is 146 Å². The Bertz CT molecular complexity index is 2420. The van der Waals surface area contributed by atoms with E-state index in [1.165, 1.54) is 109 Å². The zero-order chi connectivity index (χ0) is 73.7. The van der Waals surface area contributed by atoms with E-state index in [1.54, 1.807) is 0 Å². The van der Waals surface area contributed by atoms with Crippen molar-refractivity contribution in [3.8, 4) is 0 Å². The third kappa shape index (κ3) is 76.4. The number of hydrogen-bond acceptors (Lipinski definition) is 14. The van der Waals surface area contributed by atoms with Crippen LogP contribution in [0, 0.1) is 0 Å². The number of unbranched alkanes of at least 4 members (excludes halogenated alkanes) is 26. The smallest absolute Gasteiger partial charge is 0.463 e. The number of phosphoric ester groups is 2. The van der Waals surface area contributed by atoms with Gasteiger partial charge in [0.25, 0.3) is 0 Å². The maximum Gasteiger partial charge on any atom is 0.472 e. The predicted molar refractivity (Wildman–Crippen MR) is 417 cm³/mol. The van der Waals surface area contributed by atoms with Gasteiger partial charge < -0.3 is 34.2 Å². The van der Waals surface area contributed by atoms with Gasteiger partial charge in [0.15, 0.2) is 6.10 Å². The third-order valence-electron chi connectivity index (χ3n) is 16.0. The first-order valence-electron chi connectivity index (χ1n) is 39.1. The van der Waals surface area contributed by atoms with Gasteiger partial charge in [0.2, 0.25) is 0 Å². The molecular weight excluding hydrogens is 1310 g/mol. The van der Waals surface area contributed by atoms with Crippen LogP contribution in [0.5, 0.6) is 0 Å². The minimum atomic E-state index is -4.95. The van der Waals surface area contributed by atoms with Crippen LogP contribution >= 0.6 is 15.6 Å².